The monoisotopic (exact) mass is 291 g/mol. The van der Waals surface area contributed by atoms with Gasteiger partial charge < -0.3 is 10.6 Å². The van der Waals surface area contributed by atoms with E-state index in [1.54, 1.807) is 6.07 Å². The number of nitrogens with zero attached hydrogens (tertiary/aromatic N) is 1. The van der Waals surface area contributed by atoms with Crippen LogP contribution in [0.3, 0.4) is 0 Å². The molecule has 2 N–H and O–H groups in total. The molecular weight excluding hydrogens is 270 g/mol. The maximum atomic E-state index is 11.7. The highest BCUT2D eigenvalue weighted by Crippen LogP contribution is 2.40. The lowest BCUT2D eigenvalue weighted by Gasteiger charge is -2.28. The van der Waals surface area contributed by atoms with E-state index in [4.69, 9.17) is 0 Å². The molecule has 1 amide bonds. The van der Waals surface area contributed by atoms with Crippen molar-refractivity contribution in [2.24, 2.45) is 5.41 Å². The molecule has 0 aromatic heterocycles. The first-order chi connectivity index (χ1) is 9.85. The maximum absolute atomic E-state index is 11.7. The van der Waals surface area contributed by atoms with Gasteiger partial charge in [-0.15, -0.1) is 0 Å². The Kier molecular flexibility index (Phi) is 4.16. The molecule has 6 heteroatoms. The number of benzene rings is 1. The Bertz CT molecular complexity index is 569. The number of nitro benzene ring substituents is 1. The van der Waals surface area contributed by atoms with Gasteiger partial charge in [0.15, 0.2) is 0 Å². The van der Waals surface area contributed by atoms with Gasteiger partial charge in [-0.1, -0.05) is 20.3 Å². The summed E-state index contributed by atoms with van der Waals surface area (Å²) in [7, 11) is 1.54. The standard InChI is InChI=1S/C15H21N3O3/c1-15(2)8-4-5-13(15)17-11-9-10(14(19)16-3)6-7-12(11)18(20)21/h6-7,9,13,17H,4-5,8H2,1-3H3,(H,16,19). The lowest BCUT2D eigenvalue weighted by Crippen LogP contribution is -2.31. The van der Waals surface area contributed by atoms with Gasteiger partial charge >= 0.3 is 0 Å². The third-order valence-electron chi connectivity index (χ3n) is 4.27. The van der Waals surface area contributed by atoms with Crippen molar-refractivity contribution in [2.45, 2.75) is 39.2 Å². The Balaban J connectivity index is 2.35. The molecule has 1 aliphatic rings. The van der Waals surface area contributed by atoms with Gasteiger partial charge in [0.1, 0.15) is 5.69 Å². The van der Waals surface area contributed by atoms with Crippen LogP contribution in [-0.2, 0) is 0 Å². The topological polar surface area (TPSA) is 84.3 Å². The normalized spacial score (nSPS) is 20.0. The maximum Gasteiger partial charge on any atom is 0.292 e. The zero-order chi connectivity index (χ0) is 15.6. The van der Waals surface area contributed by atoms with Crippen LogP contribution in [0.4, 0.5) is 11.4 Å². The highest BCUT2D eigenvalue weighted by molar-refractivity contribution is 5.95. The largest absolute Gasteiger partial charge is 0.376 e. The molecule has 1 aromatic carbocycles. The molecular formula is C15H21N3O3. The summed E-state index contributed by atoms with van der Waals surface area (Å²) in [5, 5.41) is 17.0. The van der Waals surface area contributed by atoms with E-state index in [0.717, 1.165) is 19.3 Å². The summed E-state index contributed by atoms with van der Waals surface area (Å²) in [6.07, 6.45) is 3.18. The van der Waals surface area contributed by atoms with Crippen molar-refractivity contribution in [3.63, 3.8) is 0 Å². The predicted molar refractivity (Wildman–Crippen MR) is 81.5 cm³/mol. The van der Waals surface area contributed by atoms with Crippen LogP contribution >= 0.6 is 0 Å². The van der Waals surface area contributed by atoms with Crippen LogP contribution in [0.25, 0.3) is 0 Å². The van der Waals surface area contributed by atoms with Crippen molar-refractivity contribution in [1.29, 1.82) is 0 Å². The van der Waals surface area contributed by atoms with Gasteiger partial charge in [0, 0.05) is 24.7 Å². The molecule has 1 aliphatic carbocycles. The Morgan fingerprint density at radius 2 is 2.14 bits per heavy atom. The number of nitro groups is 1. The number of amides is 1. The lowest BCUT2D eigenvalue weighted by molar-refractivity contribution is -0.384. The van der Waals surface area contributed by atoms with Crippen LogP contribution in [0.1, 0.15) is 43.5 Å². The van der Waals surface area contributed by atoms with Crippen molar-refractivity contribution in [3.05, 3.63) is 33.9 Å². The SMILES string of the molecule is CNC(=O)c1ccc([N+](=O)[O-])c(NC2CCCC2(C)C)c1. The van der Waals surface area contributed by atoms with E-state index in [1.165, 1.54) is 19.2 Å². The fraction of sp³-hybridized carbons (Fsp3) is 0.533. The molecule has 1 aromatic rings. The second kappa shape index (κ2) is 5.71. The molecule has 1 atom stereocenters. The molecule has 2 rings (SSSR count). The molecule has 0 aliphatic heterocycles. The third-order valence-corrected chi connectivity index (χ3v) is 4.27. The summed E-state index contributed by atoms with van der Waals surface area (Å²) in [6, 6.07) is 4.60. The summed E-state index contributed by atoms with van der Waals surface area (Å²) in [5.74, 6) is -0.251. The number of carbonyl (C=O) groups excluding carboxylic acids is 1. The van der Waals surface area contributed by atoms with Crippen LogP contribution in [0.5, 0.6) is 0 Å². The fourth-order valence-electron chi connectivity index (χ4n) is 2.88. The van der Waals surface area contributed by atoms with E-state index in [0.29, 0.717) is 11.3 Å². The molecule has 0 bridgehead atoms. The van der Waals surface area contributed by atoms with E-state index < -0.39 is 4.92 Å². The summed E-state index contributed by atoms with van der Waals surface area (Å²) in [4.78, 5) is 22.5. The van der Waals surface area contributed by atoms with E-state index in [1.807, 2.05) is 0 Å². The summed E-state index contributed by atoms with van der Waals surface area (Å²) < 4.78 is 0. The molecule has 1 unspecified atom stereocenters. The van der Waals surface area contributed by atoms with Gasteiger partial charge in [-0.05, 0) is 30.4 Å². The summed E-state index contributed by atoms with van der Waals surface area (Å²) in [5.41, 5.74) is 0.935. The van der Waals surface area contributed by atoms with Gasteiger partial charge in [-0.2, -0.15) is 0 Å². The van der Waals surface area contributed by atoms with Crippen LogP contribution in [0.15, 0.2) is 18.2 Å². The molecule has 0 spiro atoms. The van der Waals surface area contributed by atoms with Crippen molar-refractivity contribution >= 4 is 17.3 Å². The average Bonchev–Trinajstić information content (AvgIpc) is 2.76. The van der Waals surface area contributed by atoms with E-state index in [9.17, 15) is 14.9 Å². The average molecular weight is 291 g/mol. The van der Waals surface area contributed by atoms with E-state index >= 15 is 0 Å². The number of nitrogens with one attached hydrogen (secondary N) is 2. The summed E-state index contributed by atoms with van der Waals surface area (Å²) >= 11 is 0. The second-order valence-corrected chi connectivity index (χ2v) is 6.15. The van der Waals surface area contributed by atoms with Gasteiger partial charge in [-0.3, -0.25) is 14.9 Å². The van der Waals surface area contributed by atoms with E-state index in [2.05, 4.69) is 24.5 Å². The zero-order valence-corrected chi connectivity index (χ0v) is 12.6. The lowest BCUT2D eigenvalue weighted by atomic mass is 9.87. The number of rotatable bonds is 4. The third kappa shape index (κ3) is 3.15. The van der Waals surface area contributed by atoms with Crippen LogP contribution < -0.4 is 10.6 Å². The minimum absolute atomic E-state index is 0.00496. The van der Waals surface area contributed by atoms with Gasteiger partial charge in [0.25, 0.3) is 11.6 Å². The van der Waals surface area contributed by atoms with E-state index in [-0.39, 0.29) is 23.1 Å². The van der Waals surface area contributed by atoms with Gasteiger partial charge in [-0.25, -0.2) is 0 Å². The Hall–Kier alpha value is -2.11. The minimum atomic E-state index is -0.419. The number of anilines is 1. The Morgan fingerprint density at radius 1 is 1.43 bits per heavy atom. The smallest absolute Gasteiger partial charge is 0.292 e. The molecule has 1 fully saturated rings. The molecule has 0 radical (unpaired) electrons. The van der Waals surface area contributed by atoms with Crippen molar-refractivity contribution in [2.75, 3.05) is 12.4 Å². The predicted octanol–water partition coefficient (Wildman–Crippen LogP) is 2.95. The summed E-state index contributed by atoms with van der Waals surface area (Å²) in [6.45, 7) is 4.32. The first-order valence-corrected chi connectivity index (χ1v) is 7.12. The highest BCUT2D eigenvalue weighted by Gasteiger charge is 2.35. The number of hydrogen-bond donors (Lipinski definition) is 2. The first kappa shape index (κ1) is 15.3. The highest BCUT2D eigenvalue weighted by atomic mass is 16.6. The number of hydrogen-bond acceptors (Lipinski definition) is 4. The fourth-order valence-corrected chi connectivity index (χ4v) is 2.88. The zero-order valence-electron chi connectivity index (χ0n) is 12.6. The van der Waals surface area contributed by atoms with Crippen LogP contribution in [0, 0.1) is 15.5 Å². The van der Waals surface area contributed by atoms with Crippen molar-refractivity contribution in [3.8, 4) is 0 Å². The molecule has 6 nitrogen and oxygen atoms in total. The Morgan fingerprint density at radius 3 is 2.67 bits per heavy atom. The second-order valence-electron chi connectivity index (χ2n) is 6.15. The Labute approximate surface area is 124 Å². The van der Waals surface area contributed by atoms with Crippen molar-refractivity contribution in [1.82, 2.24) is 5.32 Å². The van der Waals surface area contributed by atoms with Gasteiger partial charge in [0.2, 0.25) is 0 Å². The molecule has 0 heterocycles. The van der Waals surface area contributed by atoms with Crippen LogP contribution in [-0.4, -0.2) is 23.9 Å². The van der Waals surface area contributed by atoms with Crippen LogP contribution in [0.2, 0.25) is 0 Å². The molecule has 0 saturated heterocycles. The van der Waals surface area contributed by atoms with Crippen molar-refractivity contribution < 1.29 is 9.72 Å². The quantitative estimate of drug-likeness (QED) is 0.660. The van der Waals surface area contributed by atoms with Gasteiger partial charge in [0.05, 0.1) is 4.92 Å². The minimum Gasteiger partial charge on any atom is -0.376 e. The molecule has 1 saturated carbocycles. The number of carbonyl (C=O) groups is 1. The molecule has 21 heavy (non-hydrogen) atoms. The first-order valence-electron chi connectivity index (χ1n) is 7.12. The molecule has 114 valence electrons.